The Balaban J connectivity index is 0.00000176. The van der Waals surface area contributed by atoms with E-state index in [4.69, 9.17) is 0 Å². The van der Waals surface area contributed by atoms with E-state index in [9.17, 15) is 9.59 Å². The van der Waals surface area contributed by atoms with Crippen LogP contribution >= 0.6 is 0 Å². The van der Waals surface area contributed by atoms with Crippen molar-refractivity contribution in [2.75, 3.05) is 0 Å². The molecule has 0 saturated heterocycles. The van der Waals surface area contributed by atoms with Gasteiger partial charge in [-0.1, -0.05) is 12.1 Å². The average Bonchev–Trinajstić information content (AvgIpc) is 2.37. The summed E-state index contributed by atoms with van der Waals surface area (Å²) in [4.78, 5) is 28.8. The zero-order valence-electron chi connectivity index (χ0n) is 12.5. The fraction of sp³-hybridized carbons (Fsp3) is 0.188. The lowest BCUT2D eigenvalue weighted by molar-refractivity contribution is -0.576. The van der Waals surface area contributed by atoms with E-state index in [1.165, 1.54) is 0 Å². The molecule has 0 aliphatic heterocycles. The molecule has 2 N–H and O–H groups in total. The van der Waals surface area contributed by atoms with Crippen molar-refractivity contribution in [3.63, 3.8) is 0 Å². The Hall–Kier alpha value is -1.96. The van der Waals surface area contributed by atoms with Crippen LogP contribution in [-0.2, 0) is 0 Å². The van der Waals surface area contributed by atoms with Gasteiger partial charge in [-0.2, -0.15) is 9.55 Å². The highest BCUT2D eigenvalue weighted by Crippen LogP contribution is 2.13. The number of rotatable bonds is 1. The summed E-state index contributed by atoms with van der Waals surface area (Å²) in [5.74, 6) is 0. The Morgan fingerprint density at radius 3 is 2.41 bits per heavy atom. The predicted octanol–water partition coefficient (Wildman–Crippen LogP) is -1.58. The quantitative estimate of drug-likeness (QED) is 0.377. The second-order valence-corrected chi connectivity index (χ2v) is 5.28. The standard InChI is InChI=1S/C16H15N3O2.HI/c1-9-5-4-6-12(7-9)19-11(3)8-10(2)13-14(19)17-16(21)18-15(13)20;/h4-8H,1-3H3,(H,18,20,21);1H. The molecule has 1 aromatic carbocycles. The van der Waals surface area contributed by atoms with E-state index in [-0.39, 0.29) is 29.5 Å². The molecule has 0 fully saturated rings. The Labute approximate surface area is 144 Å². The molecule has 0 saturated carbocycles. The number of aromatic amines is 2. The first kappa shape index (κ1) is 16.4. The van der Waals surface area contributed by atoms with Crippen LogP contribution in [0.15, 0.2) is 39.9 Å². The third-order valence-electron chi connectivity index (χ3n) is 3.58. The summed E-state index contributed by atoms with van der Waals surface area (Å²) in [7, 11) is 0. The number of pyridine rings is 1. The van der Waals surface area contributed by atoms with Crippen LogP contribution in [0.4, 0.5) is 0 Å². The van der Waals surface area contributed by atoms with Gasteiger partial charge in [0.15, 0.2) is 0 Å². The second-order valence-electron chi connectivity index (χ2n) is 5.28. The highest BCUT2D eigenvalue weighted by molar-refractivity contribution is 5.74. The van der Waals surface area contributed by atoms with Gasteiger partial charge >= 0.3 is 11.3 Å². The van der Waals surface area contributed by atoms with Crippen molar-refractivity contribution in [1.82, 2.24) is 9.97 Å². The maximum absolute atomic E-state index is 12.1. The van der Waals surface area contributed by atoms with Crippen LogP contribution < -0.4 is 39.8 Å². The van der Waals surface area contributed by atoms with Crippen molar-refractivity contribution in [3.05, 3.63) is 68.0 Å². The van der Waals surface area contributed by atoms with Crippen LogP contribution in [0.25, 0.3) is 16.7 Å². The molecule has 0 aliphatic carbocycles. The van der Waals surface area contributed by atoms with Crippen molar-refractivity contribution >= 4 is 11.0 Å². The number of halogens is 1. The summed E-state index contributed by atoms with van der Waals surface area (Å²) in [6, 6.07) is 9.87. The average molecular weight is 409 g/mol. The predicted molar refractivity (Wildman–Crippen MR) is 80.9 cm³/mol. The van der Waals surface area contributed by atoms with Crippen LogP contribution in [0.3, 0.4) is 0 Å². The van der Waals surface area contributed by atoms with Gasteiger partial charge in [-0.05, 0) is 50.1 Å². The molecule has 0 bridgehead atoms. The van der Waals surface area contributed by atoms with Gasteiger partial charge in [-0.3, -0.25) is 9.78 Å². The number of aryl methyl sites for hydroxylation is 3. The van der Waals surface area contributed by atoms with Gasteiger partial charge in [0.25, 0.3) is 5.56 Å². The minimum absolute atomic E-state index is 0. The van der Waals surface area contributed by atoms with Gasteiger partial charge in [0, 0.05) is 0 Å². The molecule has 0 aliphatic rings. The van der Waals surface area contributed by atoms with Crippen molar-refractivity contribution in [3.8, 4) is 5.69 Å². The van der Waals surface area contributed by atoms with Gasteiger partial charge < -0.3 is 24.0 Å². The molecule has 0 amide bonds. The first-order valence-electron chi connectivity index (χ1n) is 6.73. The van der Waals surface area contributed by atoms with Crippen molar-refractivity contribution in [2.24, 2.45) is 0 Å². The summed E-state index contributed by atoms with van der Waals surface area (Å²) in [6.07, 6.45) is 0. The maximum Gasteiger partial charge on any atom is 0.413 e. The number of fused-ring (bicyclic) bond motifs is 1. The number of H-pyrrole nitrogens is 2. The largest absolute Gasteiger partial charge is 1.00 e. The van der Waals surface area contributed by atoms with Crippen LogP contribution in [0.1, 0.15) is 16.8 Å². The van der Waals surface area contributed by atoms with Crippen molar-refractivity contribution in [1.29, 1.82) is 0 Å². The van der Waals surface area contributed by atoms with E-state index >= 15 is 0 Å². The molecular formula is C16H16IN3O2. The molecule has 6 heteroatoms. The lowest BCUT2D eigenvalue weighted by Crippen LogP contribution is -3.00. The minimum Gasteiger partial charge on any atom is -1.00 e. The van der Waals surface area contributed by atoms with Crippen molar-refractivity contribution in [2.45, 2.75) is 20.8 Å². The summed E-state index contributed by atoms with van der Waals surface area (Å²) < 4.78 is 1.89. The molecule has 0 unspecified atom stereocenters. The first-order valence-corrected chi connectivity index (χ1v) is 6.73. The number of hydrogen-bond acceptors (Lipinski definition) is 2. The molecule has 0 radical (unpaired) electrons. The molecule has 3 rings (SSSR count). The Bertz CT molecular complexity index is 973. The van der Waals surface area contributed by atoms with Gasteiger partial charge in [0.2, 0.25) is 0 Å². The summed E-state index contributed by atoms with van der Waals surface area (Å²) in [6.45, 7) is 5.82. The second kappa shape index (κ2) is 6.04. The maximum atomic E-state index is 12.1. The van der Waals surface area contributed by atoms with Crippen LogP contribution in [0.2, 0.25) is 0 Å². The Morgan fingerprint density at radius 1 is 1.00 bits per heavy atom. The minimum atomic E-state index is -0.501. The molecule has 0 atom stereocenters. The number of aromatic nitrogens is 3. The summed E-state index contributed by atoms with van der Waals surface area (Å²) >= 11 is 0. The number of nitrogens with one attached hydrogen (secondary N) is 2. The van der Waals surface area contributed by atoms with Crippen LogP contribution in [0, 0.1) is 20.8 Å². The number of nitrogens with zero attached hydrogens (tertiary/aromatic N) is 1. The highest BCUT2D eigenvalue weighted by Gasteiger charge is 2.19. The topological polar surface area (TPSA) is 69.6 Å². The SMILES string of the molecule is Cc1cccc(-[n+]2c(C)cc(C)c3c(=O)[nH]c(=O)[nH]c32)c1.[I-]. The number of benzene rings is 1. The molecule has 22 heavy (non-hydrogen) atoms. The zero-order valence-corrected chi connectivity index (χ0v) is 14.7. The Morgan fingerprint density at radius 2 is 1.73 bits per heavy atom. The van der Waals surface area contributed by atoms with E-state index in [1.54, 1.807) is 0 Å². The van der Waals surface area contributed by atoms with Gasteiger partial charge in [-0.25, -0.2) is 4.79 Å². The fourth-order valence-electron chi connectivity index (χ4n) is 2.73. The lowest BCUT2D eigenvalue weighted by Gasteiger charge is -2.09. The summed E-state index contributed by atoms with van der Waals surface area (Å²) in [5.41, 5.74) is 3.47. The summed E-state index contributed by atoms with van der Waals surface area (Å²) in [5, 5.41) is 0.502. The molecule has 114 valence electrons. The lowest BCUT2D eigenvalue weighted by atomic mass is 10.1. The Kier molecular flexibility index (Phi) is 4.50. The van der Waals surface area contributed by atoms with Crippen molar-refractivity contribution < 1.29 is 28.5 Å². The molecule has 3 aromatic rings. The highest BCUT2D eigenvalue weighted by atomic mass is 127. The third kappa shape index (κ3) is 2.70. The smallest absolute Gasteiger partial charge is 0.413 e. The fourth-order valence-corrected chi connectivity index (χ4v) is 2.73. The molecule has 2 aromatic heterocycles. The van der Waals surface area contributed by atoms with E-state index in [2.05, 4.69) is 9.97 Å². The number of hydrogen-bond donors (Lipinski definition) is 2. The zero-order chi connectivity index (χ0) is 15.1. The molecular weight excluding hydrogens is 393 g/mol. The van der Waals surface area contributed by atoms with E-state index < -0.39 is 5.69 Å². The van der Waals surface area contributed by atoms with Crippen LogP contribution in [-0.4, -0.2) is 9.97 Å². The molecule has 2 heterocycles. The van der Waals surface area contributed by atoms with E-state index in [0.29, 0.717) is 11.0 Å². The molecule has 5 nitrogen and oxygen atoms in total. The first-order chi connectivity index (χ1) is 9.97. The van der Waals surface area contributed by atoms with E-state index in [0.717, 1.165) is 22.5 Å². The van der Waals surface area contributed by atoms with Gasteiger partial charge in [0.1, 0.15) is 16.8 Å². The normalized spacial score (nSPS) is 10.5. The van der Waals surface area contributed by atoms with Gasteiger partial charge in [-0.15, -0.1) is 0 Å². The van der Waals surface area contributed by atoms with E-state index in [1.807, 2.05) is 55.7 Å². The molecule has 0 spiro atoms. The monoisotopic (exact) mass is 409 g/mol. The van der Waals surface area contributed by atoms with Gasteiger partial charge in [0.05, 0.1) is 0 Å². The third-order valence-corrected chi connectivity index (χ3v) is 3.58. The van der Waals surface area contributed by atoms with Crippen LogP contribution in [0.5, 0.6) is 0 Å².